The fraction of sp³-hybridized carbons (Fsp3) is 0.346. The number of hydrogen-bond acceptors (Lipinski definition) is 6. The van der Waals surface area contributed by atoms with Gasteiger partial charge in [-0.2, -0.15) is 0 Å². The van der Waals surface area contributed by atoms with Crippen LogP contribution >= 0.6 is 0 Å². The number of methoxy groups -OCH3 is 1. The van der Waals surface area contributed by atoms with Crippen LogP contribution in [-0.2, 0) is 11.3 Å². The van der Waals surface area contributed by atoms with Crippen LogP contribution in [0.15, 0.2) is 59.4 Å². The summed E-state index contributed by atoms with van der Waals surface area (Å²) in [6.07, 6.45) is 1.90. The molecule has 2 aromatic carbocycles. The van der Waals surface area contributed by atoms with Gasteiger partial charge in [-0.3, -0.25) is 14.5 Å². The van der Waals surface area contributed by atoms with Crippen molar-refractivity contribution >= 4 is 5.91 Å². The van der Waals surface area contributed by atoms with Gasteiger partial charge in [0.05, 0.1) is 12.6 Å². The number of nitrogens with one attached hydrogen (secondary N) is 2. The Morgan fingerprint density at radius 1 is 1.26 bits per heavy atom. The molecule has 9 heteroatoms. The number of halogens is 1. The van der Waals surface area contributed by atoms with Gasteiger partial charge in [-0.25, -0.2) is 9.37 Å². The second-order valence-electron chi connectivity index (χ2n) is 8.26. The predicted octanol–water partition coefficient (Wildman–Crippen LogP) is 3.38. The van der Waals surface area contributed by atoms with E-state index in [4.69, 9.17) is 4.74 Å². The van der Waals surface area contributed by atoms with Gasteiger partial charge in [0.25, 0.3) is 11.5 Å². The summed E-state index contributed by atoms with van der Waals surface area (Å²) in [5.41, 5.74) is 0.419. The number of aromatic amines is 1. The molecule has 1 aliphatic heterocycles. The van der Waals surface area contributed by atoms with Crippen LogP contribution in [0.3, 0.4) is 0 Å². The molecule has 4 rings (SSSR count). The molecule has 186 valence electrons. The third-order valence-electron chi connectivity index (χ3n) is 5.98. The van der Waals surface area contributed by atoms with Crippen molar-refractivity contribution in [1.82, 2.24) is 20.2 Å². The summed E-state index contributed by atoms with van der Waals surface area (Å²) in [4.78, 5) is 34.8. The Labute approximate surface area is 203 Å². The number of H-pyrrole nitrogens is 1. The molecule has 0 spiro atoms. The van der Waals surface area contributed by atoms with Crippen LogP contribution in [0.25, 0.3) is 0 Å². The minimum absolute atomic E-state index is 0. The summed E-state index contributed by atoms with van der Waals surface area (Å²) >= 11 is 0. The van der Waals surface area contributed by atoms with E-state index < -0.39 is 23.3 Å². The summed E-state index contributed by atoms with van der Waals surface area (Å²) in [7, 11) is 1.65. The first-order valence-corrected chi connectivity index (χ1v) is 11.1. The lowest BCUT2D eigenvalue weighted by molar-refractivity contribution is 0.0929. The number of aromatic hydroxyl groups is 1. The number of benzene rings is 2. The van der Waals surface area contributed by atoms with Crippen molar-refractivity contribution in [3.05, 3.63) is 93.4 Å². The lowest BCUT2D eigenvalue weighted by atomic mass is 10.0. The molecule has 1 fully saturated rings. The van der Waals surface area contributed by atoms with Gasteiger partial charge in [0.15, 0.2) is 5.69 Å². The Morgan fingerprint density at radius 2 is 1.97 bits per heavy atom. The third-order valence-corrected chi connectivity index (χ3v) is 5.98. The number of likely N-dealkylation sites (tertiary alicyclic amines) is 1. The Kier molecular flexibility index (Phi) is 8.73. The van der Waals surface area contributed by atoms with Gasteiger partial charge in [0.1, 0.15) is 11.6 Å². The molecule has 0 saturated carbocycles. The van der Waals surface area contributed by atoms with E-state index in [1.807, 2.05) is 30.3 Å². The van der Waals surface area contributed by atoms with E-state index in [2.05, 4.69) is 20.2 Å². The molecule has 0 bridgehead atoms. The molecule has 1 aliphatic rings. The first-order valence-electron chi connectivity index (χ1n) is 11.1. The summed E-state index contributed by atoms with van der Waals surface area (Å²) < 4.78 is 18.5. The highest BCUT2D eigenvalue weighted by Gasteiger charge is 2.35. The molecule has 35 heavy (non-hydrogen) atoms. The maximum absolute atomic E-state index is 13.1. The maximum Gasteiger partial charge on any atom is 0.293 e. The van der Waals surface area contributed by atoms with E-state index in [0.29, 0.717) is 12.2 Å². The van der Waals surface area contributed by atoms with E-state index >= 15 is 0 Å². The van der Waals surface area contributed by atoms with Gasteiger partial charge in [-0.15, -0.1) is 0 Å². The lowest BCUT2D eigenvalue weighted by Crippen LogP contribution is -2.39. The van der Waals surface area contributed by atoms with Crippen molar-refractivity contribution in [2.45, 2.75) is 38.9 Å². The number of nitrogens with zero attached hydrogens (tertiary/aromatic N) is 2. The highest BCUT2D eigenvalue weighted by molar-refractivity contribution is 5.94. The van der Waals surface area contributed by atoms with Crippen molar-refractivity contribution in [3.8, 4) is 5.75 Å². The average molecular weight is 483 g/mol. The number of ether oxygens (including phenoxy) is 1. The van der Waals surface area contributed by atoms with Crippen LogP contribution in [0.1, 0.15) is 53.7 Å². The van der Waals surface area contributed by atoms with E-state index in [1.165, 1.54) is 12.1 Å². The number of amides is 1. The molecular formula is C26H31FN4O4. The van der Waals surface area contributed by atoms with E-state index in [-0.39, 0.29) is 37.3 Å². The van der Waals surface area contributed by atoms with Gasteiger partial charge in [0.2, 0.25) is 5.75 Å². The second kappa shape index (κ2) is 11.7. The SMILES string of the molecule is C.COC[C@@H]1CCCN1C(c1ccccc1)c1nc(C(=O)NCc2ccc(F)cc2)c(O)c(=O)[nH]1. The third kappa shape index (κ3) is 5.93. The monoisotopic (exact) mass is 482 g/mol. The summed E-state index contributed by atoms with van der Waals surface area (Å²) in [5.74, 6) is -1.56. The predicted molar refractivity (Wildman–Crippen MR) is 131 cm³/mol. The summed E-state index contributed by atoms with van der Waals surface area (Å²) in [6, 6.07) is 14.9. The zero-order valence-electron chi connectivity index (χ0n) is 18.8. The second-order valence-corrected chi connectivity index (χ2v) is 8.26. The molecule has 1 aromatic heterocycles. The first-order chi connectivity index (χ1) is 16.5. The minimum Gasteiger partial charge on any atom is -0.501 e. The average Bonchev–Trinajstić information content (AvgIpc) is 3.29. The Bertz CT molecular complexity index is 1180. The van der Waals surface area contributed by atoms with Gasteiger partial charge >= 0.3 is 0 Å². The van der Waals surface area contributed by atoms with Crippen molar-refractivity contribution in [2.24, 2.45) is 0 Å². The molecule has 8 nitrogen and oxygen atoms in total. The topological polar surface area (TPSA) is 108 Å². The van der Waals surface area contributed by atoms with Crippen LogP contribution in [0, 0.1) is 5.82 Å². The largest absolute Gasteiger partial charge is 0.501 e. The van der Waals surface area contributed by atoms with Crippen LogP contribution in [-0.4, -0.2) is 52.2 Å². The molecular weight excluding hydrogens is 451 g/mol. The summed E-state index contributed by atoms with van der Waals surface area (Å²) in [5, 5.41) is 13.0. The zero-order chi connectivity index (χ0) is 24.1. The number of carbonyl (C=O) groups is 1. The fourth-order valence-corrected chi connectivity index (χ4v) is 4.35. The molecule has 3 N–H and O–H groups in total. The maximum atomic E-state index is 13.1. The quantitative estimate of drug-likeness (QED) is 0.454. The highest BCUT2D eigenvalue weighted by Crippen LogP contribution is 2.33. The van der Waals surface area contributed by atoms with E-state index in [1.54, 1.807) is 19.2 Å². The number of rotatable bonds is 8. The molecule has 1 saturated heterocycles. The highest BCUT2D eigenvalue weighted by atomic mass is 19.1. The molecule has 0 aliphatic carbocycles. The molecule has 2 heterocycles. The van der Waals surface area contributed by atoms with Gasteiger partial charge < -0.3 is 20.1 Å². The standard InChI is InChI=1S/C25H27FN4O4.CH4/c1-34-15-19-8-5-13-30(19)21(17-6-3-2-4-7-17)23-28-20(22(31)25(33)29-23)24(32)27-14-16-9-11-18(26)12-10-16;/h2-4,6-7,9-12,19,21,31H,5,8,13-15H2,1H3,(H,27,32)(H,28,29,33);1H4/t19-,21?;/m0./s1. The number of carbonyl (C=O) groups excluding carboxylic acids is 1. The van der Waals surface area contributed by atoms with Gasteiger partial charge in [-0.05, 0) is 42.6 Å². The van der Waals surface area contributed by atoms with Crippen LogP contribution in [0.2, 0.25) is 0 Å². The van der Waals surface area contributed by atoms with Gasteiger partial charge in [-0.1, -0.05) is 49.9 Å². The Balaban J connectivity index is 0.00000342. The molecule has 2 atom stereocenters. The van der Waals surface area contributed by atoms with Crippen molar-refractivity contribution < 1.29 is 19.0 Å². The smallest absolute Gasteiger partial charge is 0.293 e. The molecule has 1 amide bonds. The van der Waals surface area contributed by atoms with Crippen LogP contribution in [0.5, 0.6) is 5.75 Å². The molecule has 1 unspecified atom stereocenters. The van der Waals surface area contributed by atoms with E-state index in [0.717, 1.165) is 24.9 Å². The van der Waals surface area contributed by atoms with E-state index in [9.17, 15) is 19.1 Å². The minimum atomic E-state index is -0.791. The van der Waals surface area contributed by atoms with Crippen molar-refractivity contribution in [3.63, 3.8) is 0 Å². The number of aromatic nitrogens is 2. The summed E-state index contributed by atoms with van der Waals surface area (Å²) in [6.45, 7) is 1.38. The van der Waals surface area contributed by atoms with Crippen molar-refractivity contribution in [1.29, 1.82) is 0 Å². The van der Waals surface area contributed by atoms with Crippen LogP contribution in [0.4, 0.5) is 4.39 Å². The lowest BCUT2D eigenvalue weighted by Gasteiger charge is -2.32. The Hall–Kier alpha value is -3.56. The number of hydrogen-bond donors (Lipinski definition) is 3. The zero-order valence-corrected chi connectivity index (χ0v) is 18.8. The molecule has 3 aromatic rings. The van der Waals surface area contributed by atoms with Crippen molar-refractivity contribution in [2.75, 3.05) is 20.3 Å². The van der Waals surface area contributed by atoms with Crippen LogP contribution < -0.4 is 10.9 Å². The normalized spacial score (nSPS) is 16.5. The Morgan fingerprint density at radius 3 is 2.66 bits per heavy atom. The fourth-order valence-electron chi connectivity index (χ4n) is 4.35. The first kappa shape index (κ1) is 26.1. The molecule has 0 radical (unpaired) electrons. The van der Waals surface area contributed by atoms with Gasteiger partial charge in [0, 0.05) is 19.7 Å².